The van der Waals surface area contributed by atoms with Gasteiger partial charge in [-0.15, -0.1) is 0 Å². The zero-order valence-corrected chi connectivity index (χ0v) is 13.9. The Labute approximate surface area is 119 Å². The molecule has 0 bridgehead atoms. The molecule has 1 heterocycles. The second kappa shape index (κ2) is 6.55. The molecule has 0 aromatic carbocycles. The van der Waals surface area contributed by atoms with Gasteiger partial charge in [0.2, 0.25) is 10.0 Å². The van der Waals surface area contributed by atoms with E-state index < -0.39 is 14.8 Å². The van der Waals surface area contributed by atoms with Crippen molar-refractivity contribution in [2.24, 2.45) is 5.92 Å². The largest absolute Gasteiger partial charge is 0.314 e. The summed E-state index contributed by atoms with van der Waals surface area (Å²) in [4.78, 5) is 0. The molecule has 1 aliphatic heterocycles. The quantitative estimate of drug-likeness (QED) is 0.844. The number of hydrogen-bond donors (Lipinski definition) is 1. The Balaban J connectivity index is 2.74. The van der Waals surface area contributed by atoms with Crippen molar-refractivity contribution in [3.63, 3.8) is 0 Å². The van der Waals surface area contributed by atoms with Crippen molar-refractivity contribution in [1.82, 2.24) is 9.62 Å². The third-order valence-electron chi connectivity index (χ3n) is 3.99. The van der Waals surface area contributed by atoms with Crippen LogP contribution in [0.2, 0.25) is 0 Å². The van der Waals surface area contributed by atoms with Crippen LogP contribution >= 0.6 is 0 Å². The third kappa shape index (κ3) is 3.92. The fourth-order valence-corrected chi connectivity index (χ4v) is 4.12. The summed E-state index contributed by atoms with van der Waals surface area (Å²) in [5.41, 5.74) is 0. The summed E-state index contributed by atoms with van der Waals surface area (Å²) in [6, 6.07) is 0.469. The van der Waals surface area contributed by atoms with Crippen molar-refractivity contribution >= 4 is 10.0 Å². The molecule has 2 atom stereocenters. The van der Waals surface area contributed by atoms with Crippen LogP contribution in [-0.4, -0.2) is 43.1 Å². The molecule has 4 nitrogen and oxygen atoms in total. The first-order chi connectivity index (χ1) is 8.74. The molecule has 0 saturated carbocycles. The van der Waals surface area contributed by atoms with E-state index in [1.165, 1.54) is 0 Å². The first-order valence-corrected chi connectivity index (χ1v) is 8.91. The molecule has 1 saturated heterocycles. The van der Waals surface area contributed by atoms with E-state index in [0.29, 0.717) is 25.0 Å². The van der Waals surface area contributed by atoms with E-state index in [1.807, 2.05) is 0 Å². The average Bonchev–Trinajstić information content (AvgIpc) is 2.34. The highest BCUT2D eigenvalue weighted by atomic mass is 32.2. The fraction of sp³-hybridized carbons (Fsp3) is 1.00. The van der Waals surface area contributed by atoms with Crippen LogP contribution in [0.15, 0.2) is 0 Å². The molecular formula is C14H30N2O2S. The summed E-state index contributed by atoms with van der Waals surface area (Å²) < 4.78 is 26.0. The summed E-state index contributed by atoms with van der Waals surface area (Å²) in [7, 11) is -3.18. The average molecular weight is 290 g/mol. The molecule has 2 unspecified atom stereocenters. The van der Waals surface area contributed by atoms with E-state index in [-0.39, 0.29) is 0 Å². The van der Waals surface area contributed by atoms with Gasteiger partial charge in [0.15, 0.2) is 0 Å². The highest BCUT2D eigenvalue weighted by molar-refractivity contribution is 7.90. The molecule has 5 heteroatoms. The molecule has 0 radical (unpaired) electrons. The van der Waals surface area contributed by atoms with Gasteiger partial charge in [0, 0.05) is 19.1 Å². The number of sulfonamides is 1. The smallest absolute Gasteiger partial charge is 0.219 e. The summed E-state index contributed by atoms with van der Waals surface area (Å²) in [6.07, 6.45) is 3.07. The topological polar surface area (TPSA) is 49.4 Å². The highest BCUT2D eigenvalue weighted by Gasteiger charge is 2.39. The lowest BCUT2D eigenvalue weighted by molar-refractivity contribution is 0.200. The Kier molecular flexibility index (Phi) is 5.83. The lowest BCUT2D eigenvalue weighted by atomic mass is 9.91. The zero-order valence-electron chi connectivity index (χ0n) is 13.1. The van der Waals surface area contributed by atoms with E-state index in [4.69, 9.17) is 0 Å². The van der Waals surface area contributed by atoms with E-state index in [0.717, 1.165) is 25.8 Å². The summed E-state index contributed by atoms with van der Waals surface area (Å²) in [6.45, 7) is 12.0. The van der Waals surface area contributed by atoms with Crippen molar-refractivity contribution in [3.8, 4) is 0 Å². The summed E-state index contributed by atoms with van der Waals surface area (Å²) in [5.74, 6) is 0.428. The molecule has 1 fully saturated rings. The number of nitrogens with one attached hydrogen (secondary N) is 1. The highest BCUT2D eigenvalue weighted by Crippen LogP contribution is 2.27. The first kappa shape index (κ1) is 16.9. The molecule has 19 heavy (non-hydrogen) atoms. The van der Waals surface area contributed by atoms with E-state index in [9.17, 15) is 8.42 Å². The SMILES string of the molecule is CCCNC1CCN(S(=O)(=O)C(C)(C)C)CC1CC. The molecule has 0 aliphatic carbocycles. The van der Waals surface area contributed by atoms with Gasteiger partial charge in [-0.25, -0.2) is 12.7 Å². The summed E-state index contributed by atoms with van der Waals surface area (Å²) >= 11 is 0. The monoisotopic (exact) mass is 290 g/mol. The van der Waals surface area contributed by atoms with Crippen molar-refractivity contribution in [2.75, 3.05) is 19.6 Å². The third-order valence-corrected chi connectivity index (χ3v) is 6.55. The van der Waals surface area contributed by atoms with Gasteiger partial charge in [-0.1, -0.05) is 20.3 Å². The van der Waals surface area contributed by atoms with Gasteiger partial charge >= 0.3 is 0 Å². The molecular weight excluding hydrogens is 260 g/mol. The van der Waals surface area contributed by atoms with Gasteiger partial charge in [0.1, 0.15) is 0 Å². The van der Waals surface area contributed by atoms with Crippen LogP contribution in [0, 0.1) is 5.92 Å². The second-order valence-corrected chi connectivity index (χ2v) is 9.18. The zero-order chi connectivity index (χ0) is 14.7. The Bertz CT molecular complexity index is 373. The van der Waals surface area contributed by atoms with E-state index >= 15 is 0 Å². The maximum absolute atomic E-state index is 12.5. The van der Waals surface area contributed by atoms with Gasteiger partial charge in [-0.3, -0.25) is 0 Å². The number of rotatable bonds is 5. The molecule has 0 amide bonds. The van der Waals surface area contributed by atoms with Gasteiger partial charge in [-0.2, -0.15) is 0 Å². The number of hydrogen-bond acceptors (Lipinski definition) is 3. The van der Waals surface area contributed by atoms with Crippen LogP contribution in [0.5, 0.6) is 0 Å². The van der Waals surface area contributed by atoms with Crippen LogP contribution in [0.25, 0.3) is 0 Å². The van der Waals surface area contributed by atoms with Gasteiger partial charge < -0.3 is 5.32 Å². The maximum atomic E-state index is 12.5. The predicted octanol–water partition coefficient (Wildman–Crippen LogP) is 2.21. The Morgan fingerprint density at radius 3 is 2.37 bits per heavy atom. The second-order valence-electron chi connectivity index (χ2n) is 6.49. The van der Waals surface area contributed by atoms with Gasteiger partial charge in [0.25, 0.3) is 0 Å². The fourth-order valence-electron chi connectivity index (χ4n) is 2.62. The van der Waals surface area contributed by atoms with E-state index in [1.54, 1.807) is 25.1 Å². The predicted molar refractivity (Wildman–Crippen MR) is 80.7 cm³/mol. The molecule has 1 N–H and O–H groups in total. The lowest BCUT2D eigenvalue weighted by Gasteiger charge is -2.40. The Hall–Kier alpha value is -0.130. The minimum absolute atomic E-state index is 0.428. The van der Waals surface area contributed by atoms with Crippen molar-refractivity contribution < 1.29 is 8.42 Å². The Morgan fingerprint density at radius 1 is 1.26 bits per heavy atom. The van der Waals surface area contributed by atoms with Crippen molar-refractivity contribution in [1.29, 1.82) is 0 Å². The van der Waals surface area contributed by atoms with Crippen LogP contribution in [0.1, 0.15) is 53.9 Å². The van der Waals surface area contributed by atoms with Crippen molar-refractivity contribution in [3.05, 3.63) is 0 Å². The van der Waals surface area contributed by atoms with Crippen LogP contribution in [0.4, 0.5) is 0 Å². The molecule has 114 valence electrons. The molecule has 1 aliphatic rings. The van der Waals surface area contributed by atoms with Crippen LogP contribution in [0.3, 0.4) is 0 Å². The minimum Gasteiger partial charge on any atom is -0.314 e. The van der Waals surface area contributed by atoms with Gasteiger partial charge in [-0.05, 0) is 46.1 Å². The maximum Gasteiger partial charge on any atom is 0.219 e. The normalized spacial score (nSPS) is 26.6. The van der Waals surface area contributed by atoms with E-state index in [2.05, 4.69) is 19.2 Å². The standard InChI is InChI=1S/C14H30N2O2S/c1-6-9-15-13-8-10-16(11-12(13)7-2)19(17,18)14(3,4)5/h12-13,15H,6-11H2,1-5H3. The van der Waals surface area contributed by atoms with Gasteiger partial charge in [0.05, 0.1) is 4.75 Å². The Morgan fingerprint density at radius 2 is 1.89 bits per heavy atom. The molecule has 0 aromatic heterocycles. The van der Waals surface area contributed by atoms with Crippen LogP contribution < -0.4 is 5.32 Å². The molecule has 0 spiro atoms. The van der Waals surface area contributed by atoms with Crippen molar-refractivity contribution in [2.45, 2.75) is 64.7 Å². The summed E-state index contributed by atoms with van der Waals surface area (Å²) in [5, 5.41) is 3.56. The lowest BCUT2D eigenvalue weighted by Crippen LogP contribution is -2.54. The first-order valence-electron chi connectivity index (χ1n) is 7.47. The minimum atomic E-state index is -3.18. The number of nitrogens with zero attached hydrogens (tertiary/aromatic N) is 1. The molecule has 1 rings (SSSR count). The number of piperidine rings is 1. The van der Waals surface area contributed by atoms with Crippen LogP contribution in [-0.2, 0) is 10.0 Å². The molecule has 0 aromatic rings.